The first-order chi connectivity index (χ1) is 5.49. The summed E-state index contributed by atoms with van der Waals surface area (Å²) in [5.41, 5.74) is -0.895. The SMILES string of the molecule is CC(C)CN1CCC(C)(F)CC1. The Morgan fingerprint density at radius 1 is 1.33 bits per heavy atom. The zero-order valence-electron chi connectivity index (χ0n) is 8.44. The molecule has 1 fully saturated rings. The molecule has 0 aliphatic carbocycles. The lowest BCUT2D eigenvalue weighted by Gasteiger charge is -2.34. The van der Waals surface area contributed by atoms with Crippen molar-refractivity contribution in [1.82, 2.24) is 4.90 Å². The van der Waals surface area contributed by atoms with Gasteiger partial charge in [-0.25, -0.2) is 4.39 Å². The van der Waals surface area contributed by atoms with E-state index in [0.717, 1.165) is 19.6 Å². The van der Waals surface area contributed by atoms with Gasteiger partial charge in [-0.05, 0) is 25.7 Å². The van der Waals surface area contributed by atoms with Gasteiger partial charge in [-0.1, -0.05) is 13.8 Å². The molecule has 0 unspecified atom stereocenters. The molecule has 1 rings (SSSR count). The van der Waals surface area contributed by atoms with Crippen molar-refractivity contribution in [2.45, 2.75) is 39.3 Å². The van der Waals surface area contributed by atoms with Crippen LogP contribution in [0.4, 0.5) is 4.39 Å². The summed E-state index contributed by atoms with van der Waals surface area (Å²) in [6, 6.07) is 0. The van der Waals surface area contributed by atoms with E-state index < -0.39 is 5.67 Å². The number of halogens is 1. The summed E-state index contributed by atoms with van der Waals surface area (Å²) in [4.78, 5) is 2.37. The second-order valence-corrected chi connectivity index (χ2v) is 4.61. The van der Waals surface area contributed by atoms with Crippen LogP contribution < -0.4 is 0 Å². The predicted molar refractivity (Wildman–Crippen MR) is 50.0 cm³/mol. The first-order valence-electron chi connectivity index (χ1n) is 4.91. The summed E-state index contributed by atoms with van der Waals surface area (Å²) in [7, 11) is 0. The molecule has 1 saturated heterocycles. The molecule has 1 heterocycles. The van der Waals surface area contributed by atoms with Gasteiger partial charge in [-0.3, -0.25) is 0 Å². The minimum absolute atomic E-state index is 0.703. The molecule has 0 aromatic rings. The van der Waals surface area contributed by atoms with Crippen molar-refractivity contribution in [2.75, 3.05) is 19.6 Å². The van der Waals surface area contributed by atoms with Crippen molar-refractivity contribution in [3.05, 3.63) is 0 Å². The molecule has 0 N–H and O–H groups in total. The Labute approximate surface area is 74.9 Å². The highest BCUT2D eigenvalue weighted by Gasteiger charge is 2.29. The van der Waals surface area contributed by atoms with E-state index in [2.05, 4.69) is 18.7 Å². The third kappa shape index (κ3) is 3.10. The van der Waals surface area contributed by atoms with Gasteiger partial charge in [0, 0.05) is 19.6 Å². The largest absolute Gasteiger partial charge is 0.303 e. The van der Waals surface area contributed by atoms with E-state index in [-0.39, 0.29) is 0 Å². The van der Waals surface area contributed by atoms with Crippen LogP contribution >= 0.6 is 0 Å². The molecule has 0 aromatic heterocycles. The first-order valence-corrected chi connectivity index (χ1v) is 4.91. The van der Waals surface area contributed by atoms with Gasteiger partial charge in [0.2, 0.25) is 0 Å². The summed E-state index contributed by atoms with van der Waals surface area (Å²) in [6.07, 6.45) is 1.42. The summed E-state index contributed by atoms with van der Waals surface area (Å²) in [5.74, 6) is 0.703. The van der Waals surface area contributed by atoms with E-state index in [4.69, 9.17) is 0 Å². The second-order valence-electron chi connectivity index (χ2n) is 4.61. The minimum Gasteiger partial charge on any atom is -0.303 e. The molecule has 12 heavy (non-hydrogen) atoms. The lowest BCUT2D eigenvalue weighted by Crippen LogP contribution is -2.41. The van der Waals surface area contributed by atoms with Gasteiger partial charge in [-0.15, -0.1) is 0 Å². The highest BCUT2D eigenvalue weighted by Crippen LogP contribution is 2.25. The number of piperidine rings is 1. The Hall–Kier alpha value is -0.110. The average molecular weight is 173 g/mol. The molecular weight excluding hydrogens is 153 g/mol. The van der Waals surface area contributed by atoms with Crippen LogP contribution in [0.2, 0.25) is 0 Å². The van der Waals surface area contributed by atoms with Crippen LogP contribution in [-0.2, 0) is 0 Å². The lowest BCUT2D eigenvalue weighted by molar-refractivity contribution is 0.0684. The maximum absolute atomic E-state index is 13.4. The highest BCUT2D eigenvalue weighted by molar-refractivity contribution is 4.82. The molecule has 0 spiro atoms. The van der Waals surface area contributed by atoms with Crippen LogP contribution in [0.5, 0.6) is 0 Å². The molecule has 0 saturated carbocycles. The first kappa shape index (κ1) is 9.97. The molecule has 0 atom stereocenters. The minimum atomic E-state index is -0.895. The van der Waals surface area contributed by atoms with Gasteiger partial charge in [0.1, 0.15) is 5.67 Å². The molecular formula is C10H20FN. The standard InChI is InChI=1S/C10H20FN/c1-9(2)8-12-6-4-10(3,11)5-7-12/h9H,4-8H2,1-3H3. The summed E-state index contributed by atoms with van der Waals surface area (Å²) in [5, 5.41) is 0. The number of hydrogen-bond acceptors (Lipinski definition) is 1. The van der Waals surface area contributed by atoms with Gasteiger partial charge in [0.05, 0.1) is 0 Å². The van der Waals surface area contributed by atoms with E-state index in [9.17, 15) is 4.39 Å². The van der Waals surface area contributed by atoms with E-state index in [1.165, 1.54) is 0 Å². The van der Waals surface area contributed by atoms with Crippen LogP contribution in [-0.4, -0.2) is 30.2 Å². The smallest absolute Gasteiger partial charge is 0.110 e. The van der Waals surface area contributed by atoms with E-state index in [0.29, 0.717) is 18.8 Å². The predicted octanol–water partition coefficient (Wildman–Crippen LogP) is 2.47. The van der Waals surface area contributed by atoms with E-state index in [1.54, 1.807) is 6.92 Å². The van der Waals surface area contributed by atoms with Gasteiger partial charge < -0.3 is 4.90 Å². The fraction of sp³-hybridized carbons (Fsp3) is 1.00. The molecule has 1 aliphatic heterocycles. The van der Waals surface area contributed by atoms with Crippen LogP contribution in [0.1, 0.15) is 33.6 Å². The zero-order chi connectivity index (χ0) is 9.19. The lowest BCUT2D eigenvalue weighted by atomic mass is 9.95. The van der Waals surface area contributed by atoms with E-state index >= 15 is 0 Å². The fourth-order valence-corrected chi connectivity index (χ4v) is 1.72. The van der Waals surface area contributed by atoms with Crippen LogP contribution in [0.3, 0.4) is 0 Å². The van der Waals surface area contributed by atoms with Gasteiger partial charge in [0.25, 0.3) is 0 Å². The highest BCUT2D eigenvalue weighted by atomic mass is 19.1. The summed E-state index contributed by atoms with van der Waals surface area (Å²) < 4.78 is 13.4. The molecule has 2 heteroatoms. The monoisotopic (exact) mass is 173 g/mol. The Bertz CT molecular complexity index is 133. The molecule has 0 bridgehead atoms. The molecule has 1 nitrogen and oxygen atoms in total. The normalized spacial score (nSPS) is 24.8. The second kappa shape index (κ2) is 3.73. The molecule has 0 aromatic carbocycles. The van der Waals surface area contributed by atoms with Crippen molar-refractivity contribution in [3.63, 3.8) is 0 Å². The number of likely N-dealkylation sites (tertiary alicyclic amines) is 1. The van der Waals surface area contributed by atoms with E-state index in [1.807, 2.05) is 0 Å². The topological polar surface area (TPSA) is 3.24 Å². The van der Waals surface area contributed by atoms with Crippen molar-refractivity contribution in [1.29, 1.82) is 0 Å². The number of nitrogens with zero attached hydrogens (tertiary/aromatic N) is 1. The fourth-order valence-electron chi connectivity index (χ4n) is 1.72. The van der Waals surface area contributed by atoms with Crippen molar-refractivity contribution in [2.24, 2.45) is 5.92 Å². The summed E-state index contributed by atoms with van der Waals surface area (Å²) in [6.45, 7) is 9.14. The van der Waals surface area contributed by atoms with Crippen LogP contribution in [0.15, 0.2) is 0 Å². The van der Waals surface area contributed by atoms with Crippen molar-refractivity contribution in [3.8, 4) is 0 Å². The quantitative estimate of drug-likeness (QED) is 0.620. The van der Waals surface area contributed by atoms with Gasteiger partial charge in [-0.2, -0.15) is 0 Å². The average Bonchev–Trinajstić information content (AvgIpc) is 1.93. The Morgan fingerprint density at radius 2 is 1.83 bits per heavy atom. The number of rotatable bonds is 2. The third-order valence-electron chi connectivity index (χ3n) is 2.52. The maximum Gasteiger partial charge on any atom is 0.110 e. The van der Waals surface area contributed by atoms with Crippen LogP contribution in [0, 0.1) is 5.92 Å². The molecule has 72 valence electrons. The van der Waals surface area contributed by atoms with Crippen molar-refractivity contribution >= 4 is 0 Å². The van der Waals surface area contributed by atoms with Crippen LogP contribution in [0.25, 0.3) is 0 Å². The van der Waals surface area contributed by atoms with Crippen molar-refractivity contribution < 1.29 is 4.39 Å². The Kier molecular flexibility index (Phi) is 3.10. The number of alkyl halides is 1. The van der Waals surface area contributed by atoms with Gasteiger partial charge in [0.15, 0.2) is 0 Å². The molecule has 0 radical (unpaired) electrons. The van der Waals surface area contributed by atoms with Gasteiger partial charge >= 0.3 is 0 Å². The molecule has 1 aliphatic rings. The Balaban J connectivity index is 2.27. The third-order valence-corrected chi connectivity index (χ3v) is 2.52. The zero-order valence-corrected chi connectivity index (χ0v) is 8.44. The molecule has 0 amide bonds. The Morgan fingerprint density at radius 3 is 2.25 bits per heavy atom. The summed E-state index contributed by atoms with van der Waals surface area (Å²) >= 11 is 0. The maximum atomic E-state index is 13.4. The number of hydrogen-bond donors (Lipinski definition) is 0.